The Hall–Kier alpha value is -3.74. The lowest BCUT2D eigenvalue weighted by Gasteiger charge is -2.10. The summed E-state index contributed by atoms with van der Waals surface area (Å²) in [5.41, 5.74) is 3.26. The van der Waals surface area contributed by atoms with Gasteiger partial charge in [-0.1, -0.05) is 25.1 Å². The van der Waals surface area contributed by atoms with Gasteiger partial charge in [-0.2, -0.15) is 0 Å². The van der Waals surface area contributed by atoms with E-state index in [1.54, 1.807) is 36.4 Å². The lowest BCUT2D eigenvalue weighted by atomic mass is 10.1. The first-order valence-corrected chi connectivity index (χ1v) is 8.79. The first kappa shape index (κ1) is 19.0. The third-order valence-electron chi connectivity index (χ3n) is 4.12. The maximum atomic E-state index is 12.3. The van der Waals surface area contributed by atoms with Crippen molar-refractivity contribution in [1.29, 1.82) is 0 Å². The van der Waals surface area contributed by atoms with E-state index >= 15 is 0 Å². The van der Waals surface area contributed by atoms with Gasteiger partial charge in [0.2, 0.25) is 0 Å². The molecule has 0 fully saturated rings. The summed E-state index contributed by atoms with van der Waals surface area (Å²) >= 11 is 0. The zero-order valence-corrected chi connectivity index (χ0v) is 15.6. The van der Waals surface area contributed by atoms with Crippen LogP contribution in [0.5, 0.6) is 0 Å². The van der Waals surface area contributed by atoms with Crippen molar-refractivity contribution in [2.45, 2.75) is 13.3 Å². The largest absolute Gasteiger partial charge is 0.465 e. The number of benzene rings is 2. The van der Waals surface area contributed by atoms with E-state index in [9.17, 15) is 9.59 Å². The maximum Gasteiger partial charge on any atom is 0.337 e. The number of amides is 1. The van der Waals surface area contributed by atoms with Crippen molar-refractivity contribution in [2.75, 3.05) is 17.7 Å². The highest BCUT2D eigenvalue weighted by molar-refractivity contribution is 6.03. The number of esters is 1. The minimum atomic E-state index is -0.434. The molecule has 0 spiro atoms. The van der Waals surface area contributed by atoms with Gasteiger partial charge in [0.05, 0.1) is 12.7 Å². The van der Waals surface area contributed by atoms with Gasteiger partial charge >= 0.3 is 5.97 Å². The summed E-state index contributed by atoms with van der Waals surface area (Å²) in [4.78, 5) is 23.8. The lowest BCUT2D eigenvalue weighted by Crippen LogP contribution is -2.14. The zero-order chi connectivity index (χ0) is 19.9. The van der Waals surface area contributed by atoms with Crippen molar-refractivity contribution in [1.82, 2.24) is 10.2 Å². The average Bonchev–Trinajstić information content (AvgIpc) is 2.74. The van der Waals surface area contributed by atoms with Crippen LogP contribution in [0.2, 0.25) is 0 Å². The number of hydrogen-bond donors (Lipinski definition) is 2. The minimum absolute atomic E-state index is 0.186. The highest BCUT2D eigenvalue weighted by Crippen LogP contribution is 2.19. The van der Waals surface area contributed by atoms with Crippen LogP contribution in [0.15, 0.2) is 60.7 Å². The van der Waals surface area contributed by atoms with Gasteiger partial charge in [-0.25, -0.2) is 4.79 Å². The number of ether oxygens (including phenoxy) is 1. The van der Waals surface area contributed by atoms with Crippen molar-refractivity contribution < 1.29 is 14.3 Å². The zero-order valence-electron chi connectivity index (χ0n) is 15.6. The number of hydrogen-bond acceptors (Lipinski definition) is 6. The molecule has 7 heteroatoms. The van der Waals surface area contributed by atoms with Crippen LogP contribution >= 0.6 is 0 Å². The van der Waals surface area contributed by atoms with Gasteiger partial charge in [-0.05, 0) is 54.4 Å². The van der Waals surface area contributed by atoms with E-state index in [2.05, 4.69) is 32.5 Å². The number of carbonyl (C=O) groups excluding carboxylic acids is 2. The van der Waals surface area contributed by atoms with Crippen LogP contribution in [-0.2, 0) is 11.2 Å². The van der Waals surface area contributed by atoms with Crippen LogP contribution < -0.4 is 10.6 Å². The van der Waals surface area contributed by atoms with Gasteiger partial charge in [-0.15, -0.1) is 10.2 Å². The molecule has 142 valence electrons. The molecule has 0 unspecified atom stereocenters. The van der Waals surface area contributed by atoms with Crippen LogP contribution in [0.3, 0.4) is 0 Å². The molecule has 3 rings (SSSR count). The normalized spacial score (nSPS) is 10.2. The Kier molecular flexibility index (Phi) is 5.96. The molecule has 1 amide bonds. The van der Waals surface area contributed by atoms with E-state index in [4.69, 9.17) is 0 Å². The fourth-order valence-electron chi connectivity index (χ4n) is 2.61. The fourth-order valence-corrected chi connectivity index (χ4v) is 2.61. The summed E-state index contributed by atoms with van der Waals surface area (Å²) in [6, 6.07) is 17.6. The van der Waals surface area contributed by atoms with Crippen LogP contribution in [0.1, 0.15) is 33.3 Å². The highest BCUT2D eigenvalue weighted by Gasteiger charge is 2.10. The second kappa shape index (κ2) is 8.77. The van der Waals surface area contributed by atoms with Crippen LogP contribution in [0.25, 0.3) is 0 Å². The molecule has 0 aliphatic carbocycles. The van der Waals surface area contributed by atoms with E-state index in [1.807, 2.05) is 24.3 Å². The number of aromatic nitrogens is 2. The maximum absolute atomic E-state index is 12.3. The molecule has 0 radical (unpaired) electrons. The number of methoxy groups -OCH3 is 1. The highest BCUT2D eigenvalue weighted by atomic mass is 16.5. The Morgan fingerprint density at radius 2 is 1.71 bits per heavy atom. The molecule has 0 atom stereocenters. The summed E-state index contributed by atoms with van der Waals surface area (Å²) in [5, 5.41) is 14.0. The Labute approximate surface area is 162 Å². The van der Waals surface area contributed by atoms with Crippen molar-refractivity contribution in [2.24, 2.45) is 0 Å². The van der Waals surface area contributed by atoms with Crippen molar-refractivity contribution >= 4 is 29.1 Å². The van der Waals surface area contributed by atoms with Gasteiger partial charge in [0.25, 0.3) is 5.91 Å². The number of rotatable bonds is 6. The van der Waals surface area contributed by atoms with Gasteiger partial charge in [0, 0.05) is 11.4 Å². The summed E-state index contributed by atoms with van der Waals surface area (Å²) < 4.78 is 4.64. The first-order chi connectivity index (χ1) is 13.6. The Morgan fingerprint density at radius 1 is 0.964 bits per heavy atom. The second-order valence-corrected chi connectivity index (χ2v) is 5.96. The Bertz CT molecular complexity index is 970. The van der Waals surface area contributed by atoms with Crippen LogP contribution in [-0.4, -0.2) is 29.2 Å². The summed E-state index contributed by atoms with van der Waals surface area (Å²) in [6.07, 6.45) is 0.895. The van der Waals surface area contributed by atoms with Crippen molar-refractivity contribution in [3.8, 4) is 0 Å². The molecule has 1 heterocycles. The number of carbonyl (C=O) groups is 2. The van der Waals surface area contributed by atoms with E-state index in [1.165, 1.54) is 12.7 Å². The molecule has 0 saturated carbocycles. The van der Waals surface area contributed by atoms with E-state index in [0.29, 0.717) is 17.1 Å². The molecule has 2 N–H and O–H groups in total. The molecule has 0 saturated heterocycles. The standard InChI is InChI=1S/C21H20N4O3/c1-3-14-6-4-5-7-17(14)23-19-13-12-18(24-25-19)20(26)22-16-10-8-15(9-11-16)21(27)28-2/h4-13H,3H2,1-2H3,(H,22,26)(H,23,25). The van der Waals surface area contributed by atoms with Gasteiger partial charge in [-0.3, -0.25) is 4.79 Å². The Balaban J connectivity index is 1.66. The van der Waals surface area contributed by atoms with E-state index in [0.717, 1.165) is 12.1 Å². The SMILES string of the molecule is CCc1ccccc1Nc1ccc(C(=O)Nc2ccc(C(=O)OC)cc2)nn1. The molecule has 3 aromatic rings. The van der Waals surface area contributed by atoms with Gasteiger partial charge in [0.15, 0.2) is 11.5 Å². The van der Waals surface area contributed by atoms with E-state index in [-0.39, 0.29) is 11.6 Å². The number of nitrogens with zero attached hydrogens (tertiary/aromatic N) is 2. The third-order valence-corrected chi connectivity index (χ3v) is 4.12. The first-order valence-electron chi connectivity index (χ1n) is 8.79. The molecule has 2 aromatic carbocycles. The number of nitrogens with one attached hydrogen (secondary N) is 2. The number of aryl methyl sites for hydroxylation is 1. The second-order valence-electron chi connectivity index (χ2n) is 5.96. The molecular weight excluding hydrogens is 356 g/mol. The van der Waals surface area contributed by atoms with Crippen LogP contribution in [0, 0.1) is 0 Å². The smallest absolute Gasteiger partial charge is 0.337 e. The molecule has 1 aromatic heterocycles. The predicted octanol–water partition coefficient (Wildman–Crippen LogP) is 3.82. The van der Waals surface area contributed by atoms with Crippen LogP contribution in [0.4, 0.5) is 17.2 Å². The van der Waals surface area contributed by atoms with Crippen molar-refractivity contribution in [3.63, 3.8) is 0 Å². The molecule has 7 nitrogen and oxygen atoms in total. The molecule has 0 aliphatic rings. The van der Waals surface area contributed by atoms with Gasteiger partial charge < -0.3 is 15.4 Å². The predicted molar refractivity (Wildman–Crippen MR) is 107 cm³/mol. The number of anilines is 3. The third kappa shape index (κ3) is 4.50. The average molecular weight is 376 g/mol. The molecular formula is C21H20N4O3. The topological polar surface area (TPSA) is 93.2 Å². The summed E-state index contributed by atoms with van der Waals surface area (Å²) in [6.45, 7) is 2.08. The summed E-state index contributed by atoms with van der Waals surface area (Å²) in [5.74, 6) is -0.268. The van der Waals surface area contributed by atoms with Crippen molar-refractivity contribution in [3.05, 3.63) is 77.5 Å². The molecule has 0 aliphatic heterocycles. The quantitative estimate of drug-likeness (QED) is 0.635. The molecule has 0 bridgehead atoms. The van der Waals surface area contributed by atoms with Gasteiger partial charge in [0.1, 0.15) is 0 Å². The lowest BCUT2D eigenvalue weighted by molar-refractivity contribution is 0.0600. The Morgan fingerprint density at radius 3 is 2.36 bits per heavy atom. The fraction of sp³-hybridized carbons (Fsp3) is 0.143. The van der Waals surface area contributed by atoms with E-state index < -0.39 is 5.97 Å². The number of para-hydroxylation sites is 1. The molecule has 28 heavy (non-hydrogen) atoms. The summed E-state index contributed by atoms with van der Waals surface area (Å²) in [7, 11) is 1.32. The minimum Gasteiger partial charge on any atom is -0.465 e. The monoisotopic (exact) mass is 376 g/mol.